The van der Waals surface area contributed by atoms with Crippen LogP contribution < -0.4 is 4.72 Å². The fourth-order valence-corrected chi connectivity index (χ4v) is 4.16. The van der Waals surface area contributed by atoms with Gasteiger partial charge >= 0.3 is 0 Å². The molecule has 0 unspecified atom stereocenters. The minimum absolute atomic E-state index is 0.147. The molecule has 0 radical (unpaired) electrons. The van der Waals surface area contributed by atoms with Gasteiger partial charge in [-0.3, -0.25) is 0 Å². The maximum Gasteiger partial charge on any atom is 0.240 e. The summed E-state index contributed by atoms with van der Waals surface area (Å²) in [6, 6.07) is 4.40. The molecule has 0 aliphatic heterocycles. The van der Waals surface area contributed by atoms with E-state index in [-0.39, 0.29) is 16.5 Å². The van der Waals surface area contributed by atoms with Gasteiger partial charge in [-0.25, -0.2) is 13.1 Å². The molecule has 0 heterocycles. The summed E-state index contributed by atoms with van der Waals surface area (Å²) in [5.41, 5.74) is 0.526. The standard InChI is InChI=1S/C15H22ClNO3S/c16-15-10-14(7-6-13(15)11-18)21(19,20)17-9-8-12-4-2-1-3-5-12/h6-7,10,12,17-18H,1-5,8-9,11H2. The Hall–Kier alpha value is -0.620. The van der Waals surface area contributed by atoms with E-state index in [1.165, 1.54) is 50.3 Å². The molecule has 0 bridgehead atoms. The highest BCUT2D eigenvalue weighted by molar-refractivity contribution is 7.89. The van der Waals surface area contributed by atoms with Crippen LogP contribution in [0, 0.1) is 5.92 Å². The third-order valence-electron chi connectivity index (χ3n) is 4.07. The van der Waals surface area contributed by atoms with E-state index in [2.05, 4.69) is 4.72 Å². The van der Waals surface area contributed by atoms with E-state index in [1.807, 2.05) is 0 Å². The molecular weight excluding hydrogens is 310 g/mol. The number of benzene rings is 1. The molecule has 1 aliphatic rings. The van der Waals surface area contributed by atoms with E-state index in [4.69, 9.17) is 16.7 Å². The molecule has 1 aliphatic carbocycles. The normalized spacial score (nSPS) is 17.0. The van der Waals surface area contributed by atoms with Crippen molar-refractivity contribution < 1.29 is 13.5 Å². The molecule has 1 saturated carbocycles. The molecule has 6 heteroatoms. The Morgan fingerprint density at radius 3 is 2.57 bits per heavy atom. The van der Waals surface area contributed by atoms with Gasteiger partial charge < -0.3 is 5.11 Å². The first-order valence-corrected chi connectivity index (χ1v) is 9.28. The van der Waals surface area contributed by atoms with E-state index in [1.54, 1.807) is 0 Å². The zero-order valence-corrected chi connectivity index (χ0v) is 13.6. The van der Waals surface area contributed by atoms with Crippen LogP contribution >= 0.6 is 11.6 Å². The van der Waals surface area contributed by atoms with E-state index in [0.29, 0.717) is 18.0 Å². The fourth-order valence-electron chi connectivity index (χ4n) is 2.78. The number of aliphatic hydroxyl groups is 1. The number of hydrogen-bond donors (Lipinski definition) is 2. The van der Waals surface area contributed by atoms with Gasteiger partial charge in [-0.15, -0.1) is 0 Å². The molecule has 1 fully saturated rings. The highest BCUT2D eigenvalue weighted by Crippen LogP contribution is 2.26. The van der Waals surface area contributed by atoms with Gasteiger partial charge in [0.05, 0.1) is 11.5 Å². The van der Waals surface area contributed by atoms with Crippen LogP contribution in [-0.4, -0.2) is 20.1 Å². The number of rotatable bonds is 6. The molecule has 0 aromatic heterocycles. The average molecular weight is 332 g/mol. The largest absolute Gasteiger partial charge is 0.392 e. The minimum atomic E-state index is -3.52. The zero-order valence-electron chi connectivity index (χ0n) is 12.0. The predicted octanol–water partition coefficient (Wildman–Crippen LogP) is 3.08. The van der Waals surface area contributed by atoms with Crippen molar-refractivity contribution in [3.63, 3.8) is 0 Å². The molecule has 0 atom stereocenters. The van der Waals surface area contributed by atoms with Crippen LogP contribution in [0.1, 0.15) is 44.1 Å². The quantitative estimate of drug-likeness (QED) is 0.841. The summed E-state index contributed by atoms with van der Waals surface area (Å²) in [5, 5.41) is 9.32. The third kappa shape index (κ3) is 4.68. The Labute approximate surface area is 131 Å². The van der Waals surface area contributed by atoms with Crippen molar-refractivity contribution in [3.05, 3.63) is 28.8 Å². The second-order valence-corrected chi connectivity index (χ2v) is 7.78. The van der Waals surface area contributed by atoms with Crippen molar-refractivity contribution in [2.24, 2.45) is 5.92 Å². The number of hydrogen-bond acceptors (Lipinski definition) is 3. The second kappa shape index (κ2) is 7.58. The van der Waals surface area contributed by atoms with Gasteiger partial charge in [0.1, 0.15) is 0 Å². The highest BCUT2D eigenvalue weighted by Gasteiger charge is 2.17. The molecule has 118 valence electrons. The Kier molecular flexibility index (Phi) is 6.05. The SMILES string of the molecule is O=S(=O)(NCCC1CCCCC1)c1ccc(CO)c(Cl)c1. The number of nitrogens with one attached hydrogen (secondary N) is 1. The maximum atomic E-state index is 12.2. The summed E-state index contributed by atoms with van der Waals surface area (Å²) in [6.07, 6.45) is 7.13. The van der Waals surface area contributed by atoms with Crippen molar-refractivity contribution in [3.8, 4) is 0 Å². The van der Waals surface area contributed by atoms with Gasteiger partial charge in [-0.05, 0) is 30.0 Å². The van der Waals surface area contributed by atoms with E-state index < -0.39 is 10.0 Å². The monoisotopic (exact) mass is 331 g/mol. The van der Waals surface area contributed by atoms with Crippen molar-refractivity contribution in [2.45, 2.75) is 50.0 Å². The molecule has 4 nitrogen and oxygen atoms in total. The Bertz CT molecular complexity index is 568. The van der Waals surface area contributed by atoms with Crippen LogP contribution in [-0.2, 0) is 16.6 Å². The zero-order chi connectivity index (χ0) is 15.3. The molecule has 2 rings (SSSR count). The lowest BCUT2D eigenvalue weighted by Crippen LogP contribution is -2.26. The fraction of sp³-hybridized carbons (Fsp3) is 0.600. The molecular formula is C15H22ClNO3S. The van der Waals surface area contributed by atoms with Crippen LogP contribution in [0.5, 0.6) is 0 Å². The van der Waals surface area contributed by atoms with E-state index in [0.717, 1.165) is 6.42 Å². The van der Waals surface area contributed by atoms with Crippen molar-refractivity contribution in [1.29, 1.82) is 0 Å². The Morgan fingerprint density at radius 1 is 1.24 bits per heavy atom. The van der Waals surface area contributed by atoms with Gasteiger partial charge in [0.25, 0.3) is 0 Å². The first-order valence-electron chi connectivity index (χ1n) is 7.42. The lowest BCUT2D eigenvalue weighted by atomic mass is 9.87. The van der Waals surface area contributed by atoms with Gasteiger partial charge in [-0.2, -0.15) is 0 Å². The van der Waals surface area contributed by atoms with Crippen LogP contribution in [0.25, 0.3) is 0 Å². The van der Waals surface area contributed by atoms with Gasteiger partial charge in [-0.1, -0.05) is 49.8 Å². The van der Waals surface area contributed by atoms with Gasteiger partial charge in [0, 0.05) is 11.6 Å². The van der Waals surface area contributed by atoms with Crippen molar-refractivity contribution >= 4 is 21.6 Å². The summed E-state index contributed by atoms with van der Waals surface area (Å²) < 4.78 is 27.0. The smallest absolute Gasteiger partial charge is 0.240 e. The topological polar surface area (TPSA) is 66.4 Å². The highest BCUT2D eigenvalue weighted by atomic mass is 35.5. The first kappa shape index (κ1) is 16.7. The number of aliphatic hydroxyl groups excluding tert-OH is 1. The molecule has 0 saturated heterocycles. The van der Waals surface area contributed by atoms with E-state index in [9.17, 15) is 8.42 Å². The molecule has 1 aromatic carbocycles. The first-order chi connectivity index (χ1) is 10.0. The molecule has 1 aromatic rings. The molecule has 21 heavy (non-hydrogen) atoms. The summed E-state index contributed by atoms with van der Waals surface area (Å²) >= 11 is 5.94. The average Bonchev–Trinajstić information content (AvgIpc) is 2.48. The van der Waals surface area contributed by atoms with Crippen LogP contribution in [0.15, 0.2) is 23.1 Å². The Morgan fingerprint density at radius 2 is 1.95 bits per heavy atom. The summed E-state index contributed by atoms with van der Waals surface area (Å²) in [4.78, 5) is 0.147. The minimum Gasteiger partial charge on any atom is -0.392 e. The van der Waals surface area contributed by atoms with Crippen LogP contribution in [0.4, 0.5) is 0 Å². The van der Waals surface area contributed by atoms with Crippen molar-refractivity contribution in [1.82, 2.24) is 4.72 Å². The molecule has 0 amide bonds. The van der Waals surface area contributed by atoms with E-state index >= 15 is 0 Å². The number of halogens is 1. The summed E-state index contributed by atoms with van der Waals surface area (Å²) in [7, 11) is -3.52. The predicted molar refractivity (Wildman–Crippen MR) is 83.8 cm³/mol. The Balaban J connectivity index is 1.93. The van der Waals surface area contributed by atoms with Crippen LogP contribution in [0.3, 0.4) is 0 Å². The van der Waals surface area contributed by atoms with Gasteiger partial charge in [0.2, 0.25) is 10.0 Å². The number of sulfonamides is 1. The molecule has 0 spiro atoms. The summed E-state index contributed by atoms with van der Waals surface area (Å²) in [6.45, 7) is 0.265. The maximum absolute atomic E-state index is 12.2. The summed E-state index contributed by atoms with van der Waals surface area (Å²) in [5.74, 6) is 0.641. The van der Waals surface area contributed by atoms with Crippen molar-refractivity contribution in [2.75, 3.05) is 6.54 Å². The third-order valence-corrected chi connectivity index (χ3v) is 5.89. The van der Waals surface area contributed by atoms with Gasteiger partial charge in [0.15, 0.2) is 0 Å². The van der Waals surface area contributed by atoms with Crippen LogP contribution in [0.2, 0.25) is 5.02 Å². The second-order valence-electron chi connectivity index (χ2n) is 5.60. The molecule has 2 N–H and O–H groups in total. The lowest BCUT2D eigenvalue weighted by molar-refractivity contribution is 0.282. The lowest BCUT2D eigenvalue weighted by Gasteiger charge is -2.21.